The van der Waals surface area contributed by atoms with Gasteiger partial charge in [0.05, 0.1) is 5.56 Å². The molecule has 1 heterocycles. The molecule has 0 radical (unpaired) electrons. The lowest BCUT2D eigenvalue weighted by Gasteiger charge is -2.20. The number of carbonyl (C=O) groups excluding carboxylic acids is 2. The first kappa shape index (κ1) is 12.2. The molecule has 1 aromatic heterocycles. The number of amides is 2. The van der Waals surface area contributed by atoms with Crippen molar-refractivity contribution < 1.29 is 9.59 Å². The van der Waals surface area contributed by atoms with E-state index < -0.39 is 5.91 Å². The first-order valence-corrected chi connectivity index (χ1v) is 4.95. The van der Waals surface area contributed by atoms with Gasteiger partial charge in [-0.05, 0) is 13.8 Å². The maximum absolute atomic E-state index is 12.0. The smallest absolute Gasteiger partial charge is 0.275 e. The Balaban J connectivity index is 3.13. The van der Waals surface area contributed by atoms with Crippen molar-refractivity contribution in [3.05, 3.63) is 17.5 Å². The van der Waals surface area contributed by atoms with Crippen molar-refractivity contribution in [3.8, 4) is 0 Å². The van der Waals surface area contributed by atoms with Crippen LogP contribution >= 0.6 is 0 Å². The molecule has 2 amide bonds. The third kappa shape index (κ3) is 2.21. The highest BCUT2D eigenvalue weighted by atomic mass is 16.2. The molecule has 2 N–H and O–H groups in total. The molecule has 0 saturated heterocycles. The van der Waals surface area contributed by atoms with Crippen LogP contribution in [0.4, 0.5) is 0 Å². The molecule has 0 aliphatic carbocycles. The van der Waals surface area contributed by atoms with Crippen molar-refractivity contribution in [2.75, 3.05) is 7.05 Å². The number of carbonyl (C=O) groups is 2. The van der Waals surface area contributed by atoms with Crippen molar-refractivity contribution in [2.24, 2.45) is 12.8 Å². The number of rotatable bonds is 3. The molecule has 0 aliphatic heterocycles. The summed E-state index contributed by atoms with van der Waals surface area (Å²) in [7, 11) is 3.30. The van der Waals surface area contributed by atoms with Gasteiger partial charge in [-0.1, -0.05) is 0 Å². The second-order valence-corrected chi connectivity index (χ2v) is 3.94. The fourth-order valence-corrected chi connectivity index (χ4v) is 1.23. The molecular formula is C10H16N4O2. The summed E-state index contributed by atoms with van der Waals surface area (Å²) in [6.45, 7) is 3.76. The van der Waals surface area contributed by atoms with E-state index in [9.17, 15) is 9.59 Å². The van der Waals surface area contributed by atoms with Crippen LogP contribution in [0.3, 0.4) is 0 Å². The Morgan fingerprint density at radius 3 is 2.50 bits per heavy atom. The summed E-state index contributed by atoms with van der Waals surface area (Å²) in [4.78, 5) is 24.6. The van der Waals surface area contributed by atoms with Crippen LogP contribution in [0.15, 0.2) is 6.20 Å². The number of aryl methyl sites for hydroxylation is 1. The Hall–Kier alpha value is -1.85. The van der Waals surface area contributed by atoms with Crippen LogP contribution < -0.4 is 5.73 Å². The van der Waals surface area contributed by atoms with Gasteiger partial charge in [-0.25, -0.2) is 0 Å². The van der Waals surface area contributed by atoms with Crippen LogP contribution in [0.5, 0.6) is 0 Å². The molecular weight excluding hydrogens is 208 g/mol. The molecule has 0 bridgehead atoms. The zero-order valence-corrected chi connectivity index (χ0v) is 9.89. The first-order valence-electron chi connectivity index (χ1n) is 4.95. The van der Waals surface area contributed by atoms with Crippen LogP contribution in [-0.4, -0.2) is 39.6 Å². The Morgan fingerprint density at radius 2 is 2.06 bits per heavy atom. The van der Waals surface area contributed by atoms with Crippen LogP contribution in [-0.2, 0) is 7.05 Å². The average Bonchev–Trinajstić information content (AvgIpc) is 2.58. The van der Waals surface area contributed by atoms with E-state index in [1.165, 1.54) is 15.8 Å². The molecule has 6 nitrogen and oxygen atoms in total. The lowest BCUT2D eigenvalue weighted by atomic mass is 10.2. The third-order valence-corrected chi connectivity index (χ3v) is 2.39. The summed E-state index contributed by atoms with van der Waals surface area (Å²) in [6.07, 6.45) is 1.45. The van der Waals surface area contributed by atoms with E-state index in [0.29, 0.717) is 0 Å². The van der Waals surface area contributed by atoms with Gasteiger partial charge in [0.2, 0.25) is 0 Å². The number of nitrogens with zero attached hydrogens (tertiary/aromatic N) is 3. The summed E-state index contributed by atoms with van der Waals surface area (Å²) in [5, 5.41) is 3.96. The summed E-state index contributed by atoms with van der Waals surface area (Å²) < 4.78 is 1.40. The van der Waals surface area contributed by atoms with Gasteiger partial charge in [0, 0.05) is 26.3 Å². The van der Waals surface area contributed by atoms with Crippen molar-refractivity contribution in [1.82, 2.24) is 14.7 Å². The Kier molecular flexibility index (Phi) is 3.31. The maximum atomic E-state index is 12.0. The van der Waals surface area contributed by atoms with Crippen LogP contribution in [0.2, 0.25) is 0 Å². The van der Waals surface area contributed by atoms with Gasteiger partial charge >= 0.3 is 0 Å². The maximum Gasteiger partial charge on any atom is 0.275 e. The van der Waals surface area contributed by atoms with Gasteiger partial charge in [-0.15, -0.1) is 0 Å². The van der Waals surface area contributed by atoms with E-state index in [2.05, 4.69) is 5.10 Å². The van der Waals surface area contributed by atoms with Crippen molar-refractivity contribution in [3.63, 3.8) is 0 Å². The number of aromatic nitrogens is 2. The molecule has 0 fully saturated rings. The average molecular weight is 224 g/mol. The second kappa shape index (κ2) is 4.34. The molecule has 0 aliphatic rings. The van der Waals surface area contributed by atoms with E-state index in [-0.39, 0.29) is 23.2 Å². The highest BCUT2D eigenvalue weighted by molar-refractivity contribution is 6.05. The molecule has 88 valence electrons. The van der Waals surface area contributed by atoms with Gasteiger partial charge in [0.1, 0.15) is 0 Å². The number of primary amides is 1. The minimum atomic E-state index is -0.645. The first-order chi connectivity index (χ1) is 7.34. The van der Waals surface area contributed by atoms with Crippen LogP contribution in [0.25, 0.3) is 0 Å². The van der Waals surface area contributed by atoms with Crippen LogP contribution in [0, 0.1) is 0 Å². The van der Waals surface area contributed by atoms with Crippen LogP contribution in [0.1, 0.15) is 34.7 Å². The molecule has 0 spiro atoms. The minimum Gasteiger partial charge on any atom is -0.365 e. The standard InChI is InChI=1S/C10H16N4O2/c1-6(2)14(4)10(16)8-7(9(11)15)5-13(3)12-8/h5-6H,1-4H3,(H2,11,15). The molecule has 16 heavy (non-hydrogen) atoms. The van der Waals surface area contributed by atoms with Gasteiger partial charge in [-0.3, -0.25) is 14.3 Å². The van der Waals surface area contributed by atoms with E-state index in [1.54, 1.807) is 14.1 Å². The van der Waals surface area contributed by atoms with Crippen molar-refractivity contribution >= 4 is 11.8 Å². The molecule has 1 aromatic rings. The fraction of sp³-hybridized carbons (Fsp3) is 0.500. The minimum absolute atomic E-state index is 0.0373. The second-order valence-electron chi connectivity index (χ2n) is 3.94. The van der Waals surface area contributed by atoms with E-state index in [0.717, 1.165) is 0 Å². The van der Waals surface area contributed by atoms with E-state index in [1.807, 2.05) is 13.8 Å². The number of hydrogen-bond donors (Lipinski definition) is 1. The number of nitrogens with two attached hydrogens (primary N) is 1. The lowest BCUT2D eigenvalue weighted by molar-refractivity contribution is 0.0743. The molecule has 1 rings (SSSR count). The molecule has 6 heteroatoms. The predicted octanol–water partition coefficient (Wildman–Crippen LogP) is -0.000600. The Bertz CT molecular complexity index is 422. The monoisotopic (exact) mass is 224 g/mol. The van der Waals surface area contributed by atoms with Gasteiger partial charge < -0.3 is 10.6 Å². The molecule has 0 unspecified atom stereocenters. The Labute approximate surface area is 94.0 Å². The molecule has 0 atom stereocenters. The van der Waals surface area contributed by atoms with Gasteiger partial charge in [-0.2, -0.15) is 5.10 Å². The quantitative estimate of drug-likeness (QED) is 0.784. The normalized spacial score (nSPS) is 10.6. The summed E-state index contributed by atoms with van der Waals surface area (Å²) in [5.74, 6) is -0.946. The molecule has 0 aromatic carbocycles. The summed E-state index contributed by atoms with van der Waals surface area (Å²) >= 11 is 0. The third-order valence-electron chi connectivity index (χ3n) is 2.39. The summed E-state index contributed by atoms with van der Waals surface area (Å²) in [6, 6.07) is 0.0373. The topological polar surface area (TPSA) is 81.2 Å². The zero-order valence-electron chi connectivity index (χ0n) is 9.89. The highest BCUT2D eigenvalue weighted by Gasteiger charge is 2.23. The highest BCUT2D eigenvalue weighted by Crippen LogP contribution is 2.10. The van der Waals surface area contributed by atoms with Crippen molar-refractivity contribution in [2.45, 2.75) is 19.9 Å². The van der Waals surface area contributed by atoms with Crippen molar-refractivity contribution in [1.29, 1.82) is 0 Å². The van der Waals surface area contributed by atoms with E-state index in [4.69, 9.17) is 5.73 Å². The predicted molar refractivity (Wildman–Crippen MR) is 59.0 cm³/mol. The fourth-order valence-electron chi connectivity index (χ4n) is 1.23. The van der Waals surface area contributed by atoms with Gasteiger partial charge in [0.25, 0.3) is 11.8 Å². The number of hydrogen-bond acceptors (Lipinski definition) is 3. The largest absolute Gasteiger partial charge is 0.365 e. The van der Waals surface area contributed by atoms with Gasteiger partial charge in [0.15, 0.2) is 5.69 Å². The van der Waals surface area contributed by atoms with E-state index >= 15 is 0 Å². The molecule has 0 saturated carbocycles. The SMILES string of the molecule is CC(C)N(C)C(=O)c1nn(C)cc1C(N)=O. The Morgan fingerprint density at radius 1 is 1.50 bits per heavy atom. The summed E-state index contributed by atoms with van der Waals surface area (Å²) in [5.41, 5.74) is 5.43. The lowest BCUT2D eigenvalue weighted by Crippen LogP contribution is -2.34. The zero-order chi connectivity index (χ0) is 12.5.